The summed E-state index contributed by atoms with van der Waals surface area (Å²) in [5.74, 6) is -0.370. The van der Waals surface area contributed by atoms with Crippen LogP contribution >= 0.6 is 12.2 Å². The fourth-order valence-corrected chi connectivity index (χ4v) is 2.30. The molecule has 0 spiro atoms. The van der Waals surface area contributed by atoms with E-state index in [9.17, 15) is 8.78 Å². The number of nitrogens with zero attached hydrogens (tertiary/aromatic N) is 2. The van der Waals surface area contributed by atoms with E-state index in [4.69, 9.17) is 12.2 Å². The number of hydrogen-bond acceptors (Lipinski definition) is 2. The van der Waals surface area contributed by atoms with Crippen molar-refractivity contribution in [2.24, 2.45) is 0 Å². The summed E-state index contributed by atoms with van der Waals surface area (Å²) in [4.78, 5) is 0. The molecule has 0 aliphatic rings. The second-order valence-corrected chi connectivity index (χ2v) is 4.93. The van der Waals surface area contributed by atoms with E-state index in [0.717, 1.165) is 17.7 Å². The highest BCUT2D eigenvalue weighted by Gasteiger charge is 2.11. The Balaban J connectivity index is 2.06. The number of benzene rings is 2. The van der Waals surface area contributed by atoms with E-state index in [2.05, 4.69) is 10.2 Å². The summed E-state index contributed by atoms with van der Waals surface area (Å²) in [5, 5.41) is 6.85. The van der Waals surface area contributed by atoms with Crippen molar-refractivity contribution < 1.29 is 8.78 Å². The Morgan fingerprint density at radius 1 is 1.10 bits per heavy atom. The van der Waals surface area contributed by atoms with E-state index in [1.807, 2.05) is 30.3 Å². The third-order valence-corrected chi connectivity index (χ3v) is 3.44. The van der Waals surface area contributed by atoms with Gasteiger partial charge in [0.05, 0.1) is 6.54 Å². The lowest BCUT2D eigenvalue weighted by Gasteiger charge is -2.08. The minimum absolute atomic E-state index is 0.114. The first kappa shape index (κ1) is 13.6. The fraction of sp³-hybridized carbons (Fsp3) is 0.0667. The number of aromatic nitrogens is 3. The smallest absolute Gasteiger partial charge is 0.195 e. The number of H-pyrrole nitrogens is 1. The van der Waals surface area contributed by atoms with Crippen LogP contribution < -0.4 is 0 Å². The lowest BCUT2D eigenvalue weighted by molar-refractivity contribution is 0.576. The maximum Gasteiger partial charge on any atom is 0.195 e. The number of aromatic amines is 1. The minimum Gasteiger partial charge on any atom is -0.296 e. The quantitative estimate of drug-likeness (QED) is 0.744. The molecule has 0 saturated carbocycles. The molecule has 106 valence electrons. The summed E-state index contributed by atoms with van der Waals surface area (Å²) >= 11 is 5.18. The maximum atomic E-state index is 13.8. The van der Waals surface area contributed by atoms with Crippen molar-refractivity contribution in [3.63, 3.8) is 0 Å². The Labute approximate surface area is 124 Å². The monoisotopic (exact) mass is 303 g/mol. The van der Waals surface area contributed by atoms with Gasteiger partial charge in [-0.25, -0.2) is 8.78 Å². The fourth-order valence-electron chi connectivity index (χ4n) is 2.11. The number of halogens is 2. The van der Waals surface area contributed by atoms with Gasteiger partial charge in [0, 0.05) is 11.1 Å². The van der Waals surface area contributed by atoms with Crippen LogP contribution in [0.3, 0.4) is 0 Å². The van der Waals surface area contributed by atoms with Crippen molar-refractivity contribution in [2.75, 3.05) is 0 Å². The molecule has 6 heteroatoms. The van der Waals surface area contributed by atoms with E-state index < -0.39 is 11.6 Å². The third kappa shape index (κ3) is 2.75. The van der Waals surface area contributed by atoms with Crippen molar-refractivity contribution in [3.8, 4) is 11.4 Å². The highest BCUT2D eigenvalue weighted by atomic mass is 32.1. The molecule has 3 aromatic rings. The highest BCUT2D eigenvalue weighted by molar-refractivity contribution is 7.71. The predicted molar refractivity (Wildman–Crippen MR) is 78.3 cm³/mol. The van der Waals surface area contributed by atoms with Crippen LogP contribution in [0.5, 0.6) is 0 Å². The van der Waals surface area contributed by atoms with Gasteiger partial charge in [0.2, 0.25) is 0 Å². The van der Waals surface area contributed by atoms with E-state index in [-0.39, 0.29) is 12.1 Å². The summed E-state index contributed by atoms with van der Waals surface area (Å²) in [6.45, 7) is 0.114. The van der Waals surface area contributed by atoms with E-state index in [1.54, 1.807) is 4.57 Å². The van der Waals surface area contributed by atoms with Gasteiger partial charge in [0.1, 0.15) is 11.6 Å². The number of hydrogen-bond donors (Lipinski definition) is 1. The van der Waals surface area contributed by atoms with Gasteiger partial charge in [-0.15, -0.1) is 0 Å². The van der Waals surface area contributed by atoms with Crippen molar-refractivity contribution in [3.05, 3.63) is 70.5 Å². The first-order valence-corrected chi connectivity index (χ1v) is 6.70. The topological polar surface area (TPSA) is 33.6 Å². The Bertz CT molecular complexity index is 824. The molecular weight excluding hydrogens is 292 g/mol. The maximum absolute atomic E-state index is 13.8. The molecule has 2 aromatic carbocycles. The van der Waals surface area contributed by atoms with Gasteiger partial charge >= 0.3 is 0 Å². The van der Waals surface area contributed by atoms with Gasteiger partial charge in [-0.05, 0) is 30.4 Å². The van der Waals surface area contributed by atoms with Gasteiger partial charge < -0.3 is 0 Å². The minimum atomic E-state index is -0.484. The van der Waals surface area contributed by atoms with Crippen LogP contribution in [-0.4, -0.2) is 14.8 Å². The number of rotatable bonds is 3. The van der Waals surface area contributed by atoms with Crippen LogP contribution in [-0.2, 0) is 6.54 Å². The highest BCUT2D eigenvalue weighted by Crippen LogP contribution is 2.19. The zero-order valence-corrected chi connectivity index (χ0v) is 11.7. The molecule has 0 radical (unpaired) electrons. The first-order valence-electron chi connectivity index (χ1n) is 6.30. The van der Waals surface area contributed by atoms with Crippen LogP contribution in [0.15, 0.2) is 48.5 Å². The molecule has 0 unspecified atom stereocenters. The standard InChI is InChI=1S/C15H11F2N3S/c16-12-6-7-13(17)11(8-12)9-20-14(18-19-15(20)21)10-4-2-1-3-5-10/h1-8H,9H2,(H,19,21). The van der Waals surface area contributed by atoms with Crippen molar-refractivity contribution >= 4 is 12.2 Å². The Kier molecular flexibility index (Phi) is 3.62. The van der Waals surface area contributed by atoms with Gasteiger partial charge in [0.25, 0.3) is 0 Å². The lowest BCUT2D eigenvalue weighted by atomic mass is 10.2. The average molecular weight is 303 g/mol. The Morgan fingerprint density at radius 2 is 1.86 bits per heavy atom. The van der Waals surface area contributed by atoms with Crippen LogP contribution in [0.2, 0.25) is 0 Å². The average Bonchev–Trinajstić information content (AvgIpc) is 2.85. The SMILES string of the molecule is Fc1ccc(F)c(Cn2c(-c3ccccc3)n[nH]c2=S)c1. The Morgan fingerprint density at radius 3 is 2.62 bits per heavy atom. The van der Waals surface area contributed by atoms with Crippen molar-refractivity contribution in [1.29, 1.82) is 0 Å². The molecule has 0 bridgehead atoms. The van der Waals surface area contributed by atoms with Crippen molar-refractivity contribution in [2.45, 2.75) is 6.54 Å². The van der Waals surface area contributed by atoms with Crippen molar-refractivity contribution in [1.82, 2.24) is 14.8 Å². The van der Waals surface area contributed by atoms with Gasteiger partial charge in [-0.3, -0.25) is 9.67 Å². The van der Waals surface area contributed by atoms with Crippen LogP contribution in [0.1, 0.15) is 5.56 Å². The zero-order chi connectivity index (χ0) is 14.8. The van der Waals surface area contributed by atoms with Crippen LogP contribution in [0, 0.1) is 16.4 Å². The van der Waals surface area contributed by atoms with Gasteiger partial charge in [-0.2, -0.15) is 5.10 Å². The molecule has 0 aliphatic heterocycles. The largest absolute Gasteiger partial charge is 0.296 e. The molecule has 21 heavy (non-hydrogen) atoms. The van der Waals surface area contributed by atoms with E-state index >= 15 is 0 Å². The Hall–Kier alpha value is -2.34. The van der Waals surface area contributed by atoms with E-state index in [0.29, 0.717) is 10.6 Å². The molecule has 0 fully saturated rings. The first-order chi connectivity index (χ1) is 10.1. The molecule has 3 rings (SSSR count). The number of nitrogens with one attached hydrogen (secondary N) is 1. The second kappa shape index (κ2) is 5.57. The molecule has 3 nitrogen and oxygen atoms in total. The van der Waals surface area contributed by atoms with E-state index in [1.165, 1.54) is 6.07 Å². The van der Waals surface area contributed by atoms with Crippen LogP contribution in [0.4, 0.5) is 8.78 Å². The molecule has 0 saturated heterocycles. The molecule has 1 heterocycles. The molecule has 1 N–H and O–H groups in total. The second-order valence-electron chi connectivity index (χ2n) is 4.54. The summed E-state index contributed by atoms with van der Waals surface area (Å²) in [7, 11) is 0. The lowest BCUT2D eigenvalue weighted by Crippen LogP contribution is -2.05. The summed E-state index contributed by atoms with van der Waals surface area (Å²) in [5.41, 5.74) is 1.08. The summed E-state index contributed by atoms with van der Waals surface area (Å²) in [6.07, 6.45) is 0. The molecule has 0 atom stereocenters. The summed E-state index contributed by atoms with van der Waals surface area (Å²) in [6, 6.07) is 12.8. The predicted octanol–water partition coefficient (Wildman–Crippen LogP) is 3.93. The summed E-state index contributed by atoms with van der Waals surface area (Å²) < 4.78 is 29.1. The molecule has 0 aliphatic carbocycles. The zero-order valence-electron chi connectivity index (χ0n) is 10.9. The van der Waals surface area contributed by atoms with Crippen LogP contribution in [0.25, 0.3) is 11.4 Å². The molecule has 1 aromatic heterocycles. The molecular formula is C15H11F2N3S. The normalized spacial score (nSPS) is 10.8. The third-order valence-electron chi connectivity index (χ3n) is 3.13. The van der Waals surface area contributed by atoms with Gasteiger partial charge in [0.15, 0.2) is 10.6 Å². The van der Waals surface area contributed by atoms with Gasteiger partial charge in [-0.1, -0.05) is 30.3 Å². The molecule has 0 amide bonds.